The lowest BCUT2D eigenvalue weighted by atomic mass is 10.1. The van der Waals surface area contributed by atoms with Crippen LogP contribution in [-0.4, -0.2) is 5.91 Å². The molecule has 0 atom stereocenters. The minimum Gasteiger partial charge on any atom is -0.380 e. The fourth-order valence-electron chi connectivity index (χ4n) is 1.90. The summed E-state index contributed by atoms with van der Waals surface area (Å²) in [6, 6.07) is 8.17. The Balaban J connectivity index is 2.08. The van der Waals surface area contributed by atoms with Crippen LogP contribution in [0.3, 0.4) is 0 Å². The first-order valence-electron chi connectivity index (χ1n) is 6.22. The van der Waals surface area contributed by atoms with Gasteiger partial charge in [-0.3, -0.25) is 4.79 Å². The van der Waals surface area contributed by atoms with E-state index in [4.69, 9.17) is 0 Å². The molecule has 2 N–H and O–H groups in total. The van der Waals surface area contributed by atoms with Gasteiger partial charge >= 0.3 is 0 Å². The highest BCUT2D eigenvalue weighted by Crippen LogP contribution is 2.25. The molecule has 1 aromatic heterocycles. The Kier molecular flexibility index (Phi) is 4.22. The maximum absolute atomic E-state index is 11.1. The predicted octanol–water partition coefficient (Wildman–Crippen LogP) is 3.94. The number of amides is 1. The summed E-state index contributed by atoms with van der Waals surface area (Å²) in [6.07, 6.45) is 0. The molecule has 1 heterocycles. The van der Waals surface area contributed by atoms with Crippen LogP contribution in [0.4, 0.5) is 11.4 Å². The first-order valence-corrected chi connectivity index (χ1v) is 7.10. The number of carbonyl (C=O) groups excluding carboxylic acids is 1. The summed E-state index contributed by atoms with van der Waals surface area (Å²) >= 11 is 1.64. The van der Waals surface area contributed by atoms with Gasteiger partial charge in [0.2, 0.25) is 5.91 Å². The average Bonchev–Trinajstić information content (AvgIpc) is 2.78. The van der Waals surface area contributed by atoms with E-state index >= 15 is 0 Å². The molecule has 1 amide bonds. The maximum atomic E-state index is 11.1. The zero-order valence-electron chi connectivity index (χ0n) is 11.4. The van der Waals surface area contributed by atoms with Gasteiger partial charge in [0, 0.05) is 17.5 Å². The monoisotopic (exact) mass is 274 g/mol. The van der Waals surface area contributed by atoms with Gasteiger partial charge in [-0.1, -0.05) is 12.1 Å². The Morgan fingerprint density at radius 3 is 2.74 bits per heavy atom. The standard InChI is InChI=1S/C15H18N2OS/c1-10-5-4-6-13(11(10)2)16-9-15-14(7-8-19-15)17-12(3)18/h4-8,16H,9H2,1-3H3,(H,17,18). The molecular weight excluding hydrogens is 256 g/mol. The van der Waals surface area contributed by atoms with Gasteiger partial charge in [0.25, 0.3) is 0 Å². The normalized spacial score (nSPS) is 10.3. The highest BCUT2D eigenvalue weighted by molar-refractivity contribution is 7.10. The summed E-state index contributed by atoms with van der Waals surface area (Å²) in [5.41, 5.74) is 4.58. The van der Waals surface area contributed by atoms with Gasteiger partial charge in [0.15, 0.2) is 0 Å². The second-order valence-electron chi connectivity index (χ2n) is 4.54. The van der Waals surface area contributed by atoms with Gasteiger partial charge in [-0.25, -0.2) is 0 Å². The molecule has 3 nitrogen and oxygen atoms in total. The summed E-state index contributed by atoms with van der Waals surface area (Å²) in [4.78, 5) is 12.2. The molecule has 1 aromatic carbocycles. The molecule has 2 aromatic rings. The van der Waals surface area contributed by atoms with Gasteiger partial charge < -0.3 is 10.6 Å². The molecule has 0 saturated heterocycles. The van der Waals surface area contributed by atoms with Crippen molar-refractivity contribution < 1.29 is 4.79 Å². The Hall–Kier alpha value is -1.81. The summed E-state index contributed by atoms with van der Waals surface area (Å²) in [6.45, 7) is 6.46. The van der Waals surface area contributed by atoms with Gasteiger partial charge in [0.05, 0.1) is 12.2 Å². The summed E-state index contributed by atoms with van der Waals surface area (Å²) in [5, 5.41) is 8.27. The smallest absolute Gasteiger partial charge is 0.221 e. The molecule has 19 heavy (non-hydrogen) atoms. The molecule has 0 aliphatic carbocycles. The third-order valence-corrected chi connectivity index (χ3v) is 4.02. The lowest BCUT2D eigenvalue weighted by Gasteiger charge is -2.11. The first kappa shape index (κ1) is 13.6. The number of hydrogen-bond donors (Lipinski definition) is 2. The van der Waals surface area contributed by atoms with Crippen LogP contribution in [0.25, 0.3) is 0 Å². The Morgan fingerprint density at radius 1 is 1.21 bits per heavy atom. The van der Waals surface area contributed by atoms with Crippen molar-refractivity contribution >= 4 is 28.6 Å². The molecule has 0 fully saturated rings. The van der Waals surface area contributed by atoms with Crippen LogP contribution >= 0.6 is 11.3 Å². The van der Waals surface area contributed by atoms with Gasteiger partial charge in [-0.15, -0.1) is 11.3 Å². The quantitative estimate of drug-likeness (QED) is 0.886. The first-order chi connectivity index (χ1) is 9.08. The number of rotatable bonds is 4. The molecule has 0 spiro atoms. The van der Waals surface area contributed by atoms with E-state index in [1.807, 2.05) is 17.5 Å². The second-order valence-corrected chi connectivity index (χ2v) is 5.54. The average molecular weight is 274 g/mol. The minimum absolute atomic E-state index is 0.0358. The fraction of sp³-hybridized carbons (Fsp3) is 0.267. The number of hydrogen-bond acceptors (Lipinski definition) is 3. The van der Waals surface area contributed by atoms with Gasteiger partial charge in [0.1, 0.15) is 0 Å². The fourth-order valence-corrected chi connectivity index (χ4v) is 2.67. The van der Waals surface area contributed by atoms with Crippen LogP contribution in [0, 0.1) is 13.8 Å². The van der Waals surface area contributed by atoms with Gasteiger partial charge in [-0.2, -0.15) is 0 Å². The summed E-state index contributed by atoms with van der Waals surface area (Å²) < 4.78 is 0. The number of anilines is 2. The number of carbonyl (C=O) groups is 1. The van der Waals surface area contributed by atoms with E-state index in [1.165, 1.54) is 18.1 Å². The largest absolute Gasteiger partial charge is 0.380 e. The van der Waals surface area contributed by atoms with E-state index < -0.39 is 0 Å². The highest BCUT2D eigenvalue weighted by Gasteiger charge is 2.06. The molecule has 0 unspecified atom stereocenters. The summed E-state index contributed by atoms with van der Waals surface area (Å²) in [7, 11) is 0. The maximum Gasteiger partial charge on any atom is 0.221 e. The zero-order valence-corrected chi connectivity index (χ0v) is 12.2. The molecule has 0 bridgehead atoms. The lowest BCUT2D eigenvalue weighted by molar-refractivity contribution is -0.114. The molecular formula is C15H18N2OS. The minimum atomic E-state index is -0.0358. The number of thiophene rings is 1. The Morgan fingerprint density at radius 2 is 2.00 bits per heavy atom. The van der Waals surface area contributed by atoms with Crippen LogP contribution in [0.2, 0.25) is 0 Å². The van der Waals surface area contributed by atoms with Crippen LogP contribution in [0.15, 0.2) is 29.6 Å². The van der Waals surface area contributed by atoms with E-state index in [1.54, 1.807) is 11.3 Å². The van der Waals surface area contributed by atoms with Crippen LogP contribution in [0.5, 0.6) is 0 Å². The number of nitrogens with one attached hydrogen (secondary N) is 2. The molecule has 2 rings (SSSR count). The molecule has 0 aliphatic heterocycles. The van der Waals surface area contributed by atoms with Gasteiger partial charge in [-0.05, 0) is 42.5 Å². The van der Waals surface area contributed by atoms with Crippen molar-refractivity contribution in [1.82, 2.24) is 0 Å². The Labute approximate surface area is 117 Å². The van der Waals surface area contributed by atoms with Crippen LogP contribution in [-0.2, 0) is 11.3 Å². The van der Waals surface area contributed by atoms with Crippen LogP contribution < -0.4 is 10.6 Å². The van der Waals surface area contributed by atoms with Crippen molar-refractivity contribution in [3.05, 3.63) is 45.6 Å². The van der Waals surface area contributed by atoms with E-state index in [9.17, 15) is 4.79 Å². The van der Waals surface area contributed by atoms with Crippen molar-refractivity contribution in [1.29, 1.82) is 0 Å². The highest BCUT2D eigenvalue weighted by atomic mass is 32.1. The van der Waals surface area contributed by atoms with Crippen molar-refractivity contribution in [2.24, 2.45) is 0 Å². The number of benzene rings is 1. The SMILES string of the molecule is CC(=O)Nc1ccsc1CNc1cccc(C)c1C. The molecule has 0 saturated carbocycles. The van der Waals surface area contributed by atoms with Crippen molar-refractivity contribution in [3.63, 3.8) is 0 Å². The molecule has 4 heteroatoms. The van der Waals surface area contributed by atoms with E-state index in [-0.39, 0.29) is 5.91 Å². The Bertz CT molecular complexity index is 590. The predicted molar refractivity (Wildman–Crippen MR) is 81.9 cm³/mol. The molecule has 100 valence electrons. The second kappa shape index (κ2) is 5.89. The van der Waals surface area contributed by atoms with E-state index in [2.05, 4.69) is 36.6 Å². The third-order valence-electron chi connectivity index (χ3n) is 3.10. The van der Waals surface area contributed by atoms with Crippen molar-refractivity contribution in [2.45, 2.75) is 27.3 Å². The topological polar surface area (TPSA) is 41.1 Å². The van der Waals surface area contributed by atoms with Crippen molar-refractivity contribution in [2.75, 3.05) is 10.6 Å². The van der Waals surface area contributed by atoms with E-state index in [0.29, 0.717) is 0 Å². The van der Waals surface area contributed by atoms with E-state index in [0.717, 1.165) is 22.8 Å². The van der Waals surface area contributed by atoms with Crippen LogP contribution in [0.1, 0.15) is 22.9 Å². The zero-order chi connectivity index (χ0) is 13.8. The number of aryl methyl sites for hydroxylation is 1. The lowest BCUT2D eigenvalue weighted by Crippen LogP contribution is -2.08. The summed E-state index contributed by atoms with van der Waals surface area (Å²) in [5.74, 6) is -0.0358. The third kappa shape index (κ3) is 3.35. The molecule has 0 aliphatic rings. The molecule has 0 radical (unpaired) electrons. The van der Waals surface area contributed by atoms with Crippen molar-refractivity contribution in [3.8, 4) is 0 Å².